The molecule has 1 amide bonds. The third-order valence-corrected chi connectivity index (χ3v) is 6.86. The normalized spacial score (nSPS) is 24.6. The number of aromatic nitrogens is 1. The summed E-state index contributed by atoms with van der Waals surface area (Å²) < 4.78 is 5.84. The van der Waals surface area contributed by atoms with Crippen LogP contribution in [0, 0.1) is 5.92 Å². The Labute approximate surface area is 180 Å². The molecule has 0 radical (unpaired) electrons. The summed E-state index contributed by atoms with van der Waals surface area (Å²) in [5.74, 6) is 3.03. The second kappa shape index (κ2) is 10.3. The number of fused-ring (bicyclic) bond motifs is 1. The van der Waals surface area contributed by atoms with Crippen molar-refractivity contribution in [3.63, 3.8) is 0 Å². The number of anilines is 1. The predicted octanol–water partition coefficient (Wildman–Crippen LogP) is 3.17. The third-order valence-electron chi connectivity index (χ3n) is 6.86. The molecule has 1 aromatic heterocycles. The molecule has 164 valence electrons. The molecule has 4 rings (SSSR count). The lowest BCUT2D eigenvalue weighted by molar-refractivity contribution is -0.121. The summed E-state index contributed by atoms with van der Waals surface area (Å²) in [5, 5.41) is 3.20. The van der Waals surface area contributed by atoms with Crippen LogP contribution in [-0.4, -0.2) is 61.2 Å². The highest BCUT2D eigenvalue weighted by atomic mass is 16.5. The van der Waals surface area contributed by atoms with E-state index in [4.69, 9.17) is 4.74 Å². The van der Waals surface area contributed by atoms with Crippen molar-refractivity contribution in [2.75, 3.05) is 44.2 Å². The fourth-order valence-corrected chi connectivity index (χ4v) is 4.97. The number of nitrogens with zero attached hydrogens (tertiary/aromatic N) is 3. The van der Waals surface area contributed by atoms with E-state index in [0.717, 1.165) is 69.5 Å². The van der Waals surface area contributed by atoms with Gasteiger partial charge in [-0.1, -0.05) is 12.2 Å². The average molecular weight is 413 g/mol. The number of amides is 1. The maximum absolute atomic E-state index is 11.9. The van der Waals surface area contributed by atoms with Crippen LogP contribution in [0.5, 0.6) is 5.75 Å². The molecule has 1 saturated carbocycles. The molecule has 30 heavy (non-hydrogen) atoms. The van der Waals surface area contributed by atoms with E-state index in [1.807, 2.05) is 25.3 Å². The maximum atomic E-state index is 11.9. The summed E-state index contributed by atoms with van der Waals surface area (Å²) >= 11 is 0. The van der Waals surface area contributed by atoms with Crippen molar-refractivity contribution in [1.82, 2.24) is 15.2 Å². The van der Waals surface area contributed by atoms with Crippen molar-refractivity contribution in [2.45, 2.75) is 57.9 Å². The number of carbonyl (C=O) groups is 1. The van der Waals surface area contributed by atoms with Crippen molar-refractivity contribution in [2.24, 2.45) is 5.92 Å². The Bertz CT molecular complexity index is 735. The van der Waals surface area contributed by atoms with E-state index in [0.29, 0.717) is 12.5 Å². The van der Waals surface area contributed by atoms with Crippen LogP contribution in [0.3, 0.4) is 0 Å². The van der Waals surface area contributed by atoms with Crippen LogP contribution < -0.4 is 15.0 Å². The highest BCUT2D eigenvalue weighted by molar-refractivity contribution is 5.77. The maximum Gasteiger partial charge on any atom is 0.224 e. The fraction of sp³-hybridized carbons (Fsp3) is 0.667. The first-order valence-electron chi connectivity index (χ1n) is 11.7. The molecule has 3 aliphatic rings. The van der Waals surface area contributed by atoms with Gasteiger partial charge in [0.2, 0.25) is 5.91 Å². The van der Waals surface area contributed by atoms with Gasteiger partial charge in [-0.15, -0.1) is 0 Å². The lowest BCUT2D eigenvalue weighted by Gasteiger charge is -2.37. The summed E-state index contributed by atoms with van der Waals surface area (Å²) in [6.45, 7) is 8.18. The van der Waals surface area contributed by atoms with Gasteiger partial charge in [0.1, 0.15) is 0 Å². The Kier molecular flexibility index (Phi) is 7.26. The van der Waals surface area contributed by atoms with Gasteiger partial charge in [0.15, 0.2) is 11.6 Å². The lowest BCUT2D eigenvalue weighted by Crippen LogP contribution is -2.47. The fourth-order valence-electron chi connectivity index (χ4n) is 4.97. The Morgan fingerprint density at radius 3 is 2.80 bits per heavy atom. The van der Waals surface area contributed by atoms with Gasteiger partial charge in [-0.25, -0.2) is 4.98 Å². The van der Waals surface area contributed by atoms with E-state index in [2.05, 4.69) is 26.2 Å². The average Bonchev–Trinajstić information content (AvgIpc) is 3.27. The topological polar surface area (TPSA) is 57.7 Å². The number of rotatable bonds is 7. The van der Waals surface area contributed by atoms with Crippen LogP contribution in [0.15, 0.2) is 24.4 Å². The Hall–Kier alpha value is -2.08. The highest BCUT2D eigenvalue weighted by Gasteiger charge is 2.26. The molecule has 0 bridgehead atoms. The van der Waals surface area contributed by atoms with E-state index in [1.54, 1.807) is 0 Å². The summed E-state index contributed by atoms with van der Waals surface area (Å²) in [6.07, 6.45) is 13.3. The van der Waals surface area contributed by atoms with E-state index in [-0.39, 0.29) is 5.91 Å². The molecule has 0 spiro atoms. The van der Waals surface area contributed by atoms with Crippen molar-refractivity contribution in [3.8, 4) is 5.75 Å². The molecule has 2 aliphatic heterocycles. The number of piperazine rings is 1. The molecule has 6 nitrogen and oxygen atoms in total. The molecular weight excluding hydrogens is 376 g/mol. The van der Waals surface area contributed by atoms with Crippen LogP contribution in [-0.2, 0) is 11.2 Å². The predicted molar refractivity (Wildman–Crippen MR) is 120 cm³/mol. The standard InChI is InChI=1S/C24H36N4O2/c1-2-3-4-22(29)26-21-7-5-19(6-8-21)10-13-27-14-16-28(17-15-27)24-23-20(9-12-25-24)11-18-30-23/h2-3,9,12,19,21H,4-8,10-11,13-18H2,1H3,(H,26,29)/t19-,21-. The molecule has 1 aromatic rings. The van der Waals surface area contributed by atoms with Gasteiger partial charge in [-0.05, 0) is 57.6 Å². The highest BCUT2D eigenvalue weighted by Crippen LogP contribution is 2.34. The van der Waals surface area contributed by atoms with Crippen LogP contribution in [0.25, 0.3) is 0 Å². The molecule has 2 fully saturated rings. The van der Waals surface area contributed by atoms with Crippen molar-refractivity contribution in [3.05, 3.63) is 30.0 Å². The minimum Gasteiger partial charge on any atom is -0.489 e. The van der Waals surface area contributed by atoms with Crippen molar-refractivity contribution < 1.29 is 9.53 Å². The third kappa shape index (κ3) is 5.34. The van der Waals surface area contributed by atoms with Gasteiger partial charge >= 0.3 is 0 Å². The van der Waals surface area contributed by atoms with E-state index in [1.165, 1.54) is 31.4 Å². The van der Waals surface area contributed by atoms with Crippen LogP contribution in [0.1, 0.15) is 51.0 Å². The summed E-state index contributed by atoms with van der Waals surface area (Å²) in [4.78, 5) is 21.5. The molecule has 0 unspecified atom stereocenters. The van der Waals surface area contributed by atoms with Gasteiger partial charge < -0.3 is 15.0 Å². The first kappa shape index (κ1) is 21.2. The molecular formula is C24H36N4O2. The van der Waals surface area contributed by atoms with Gasteiger partial charge in [-0.3, -0.25) is 9.69 Å². The molecule has 1 saturated heterocycles. The number of hydrogen-bond acceptors (Lipinski definition) is 5. The quantitative estimate of drug-likeness (QED) is 0.697. The Morgan fingerprint density at radius 2 is 2.03 bits per heavy atom. The zero-order chi connectivity index (χ0) is 20.8. The largest absolute Gasteiger partial charge is 0.489 e. The van der Waals surface area contributed by atoms with Crippen molar-refractivity contribution in [1.29, 1.82) is 0 Å². The molecule has 3 heterocycles. The SMILES string of the molecule is CC=CCC(=O)N[C@H]1CC[C@H](CCN2CCN(c3nccc4c3OCC4)CC2)CC1. The van der Waals surface area contributed by atoms with Crippen LogP contribution in [0.4, 0.5) is 5.82 Å². The smallest absolute Gasteiger partial charge is 0.224 e. The minimum atomic E-state index is 0.165. The second-order valence-corrected chi connectivity index (χ2v) is 8.90. The molecule has 1 N–H and O–H groups in total. The monoisotopic (exact) mass is 412 g/mol. The first-order valence-corrected chi connectivity index (χ1v) is 11.7. The Balaban J connectivity index is 1.15. The van der Waals surface area contributed by atoms with Gasteiger partial charge in [0.05, 0.1) is 6.61 Å². The number of nitrogens with one attached hydrogen (secondary N) is 1. The lowest BCUT2D eigenvalue weighted by atomic mass is 9.84. The number of ether oxygens (including phenoxy) is 1. The van der Waals surface area contributed by atoms with Crippen LogP contribution in [0.2, 0.25) is 0 Å². The van der Waals surface area contributed by atoms with E-state index < -0.39 is 0 Å². The van der Waals surface area contributed by atoms with Gasteiger partial charge in [-0.2, -0.15) is 0 Å². The molecule has 1 aliphatic carbocycles. The zero-order valence-corrected chi connectivity index (χ0v) is 18.3. The summed E-state index contributed by atoms with van der Waals surface area (Å²) in [7, 11) is 0. The Morgan fingerprint density at radius 1 is 1.23 bits per heavy atom. The van der Waals surface area contributed by atoms with Gasteiger partial charge in [0.25, 0.3) is 0 Å². The van der Waals surface area contributed by atoms with Crippen molar-refractivity contribution >= 4 is 11.7 Å². The first-order chi connectivity index (χ1) is 14.7. The van der Waals surface area contributed by atoms with E-state index >= 15 is 0 Å². The minimum absolute atomic E-state index is 0.165. The summed E-state index contributed by atoms with van der Waals surface area (Å²) in [5.41, 5.74) is 1.30. The zero-order valence-electron chi connectivity index (χ0n) is 18.3. The summed E-state index contributed by atoms with van der Waals surface area (Å²) in [6, 6.07) is 2.47. The number of carbonyl (C=O) groups excluding carboxylic acids is 1. The van der Waals surface area contributed by atoms with E-state index in [9.17, 15) is 4.79 Å². The molecule has 6 heteroatoms. The number of pyridine rings is 1. The van der Waals surface area contributed by atoms with Gasteiger partial charge in [0, 0.05) is 56.8 Å². The molecule has 0 atom stereocenters. The number of allylic oxidation sites excluding steroid dienone is 1. The molecule has 0 aromatic carbocycles. The number of hydrogen-bond donors (Lipinski definition) is 1. The van der Waals surface area contributed by atoms with Crippen LogP contribution >= 0.6 is 0 Å². The second-order valence-electron chi connectivity index (χ2n) is 8.90.